The molecule has 0 aromatic heterocycles. The van der Waals surface area contributed by atoms with E-state index < -0.39 is 0 Å². The van der Waals surface area contributed by atoms with E-state index in [9.17, 15) is 0 Å². The summed E-state index contributed by atoms with van der Waals surface area (Å²) in [4.78, 5) is 0. The van der Waals surface area contributed by atoms with Crippen LogP contribution < -0.4 is 0 Å². The molecule has 0 spiro atoms. The molecule has 0 aliphatic carbocycles. The summed E-state index contributed by atoms with van der Waals surface area (Å²) in [5.41, 5.74) is 2.77. The van der Waals surface area contributed by atoms with Gasteiger partial charge in [0.15, 0.2) is 0 Å². The zero-order valence-corrected chi connectivity index (χ0v) is 10.2. The van der Waals surface area contributed by atoms with Crippen molar-refractivity contribution in [3.05, 3.63) is 71.8 Å². The van der Waals surface area contributed by atoms with Crippen molar-refractivity contribution < 1.29 is 0 Å². The van der Waals surface area contributed by atoms with Crippen LogP contribution in [0.2, 0.25) is 0 Å². The first kappa shape index (κ1) is 12.5. The predicted molar refractivity (Wildman–Crippen MR) is 71.6 cm³/mol. The molecule has 0 heteroatoms. The van der Waals surface area contributed by atoms with Gasteiger partial charge in [0.2, 0.25) is 0 Å². The molecule has 0 unspecified atom stereocenters. The van der Waals surface area contributed by atoms with E-state index in [-0.39, 0.29) is 0 Å². The summed E-state index contributed by atoms with van der Waals surface area (Å²) >= 11 is 0. The molecular formula is C16H20. The van der Waals surface area contributed by atoms with Gasteiger partial charge in [0.1, 0.15) is 0 Å². The highest BCUT2D eigenvalue weighted by Gasteiger charge is 1.84. The lowest BCUT2D eigenvalue weighted by atomic mass is 10.1. The van der Waals surface area contributed by atoms with E-state index in [4.69, 9.17) is 0 Å². The summed E-state index contributed by atoms with van der Waals surface area (Å²) < 4.78 is 0. The van der Waals surface area contributed by atoms with Crippen LogP contribution in [0.4, 0.5) is 0 Å². The summed E-state index contributed by atoms with van der Waals surface area (Å²) in [5.74, 6) is 0. The molecule has 0 heterocycles. The van der Waals surface area contributed by atoms with Crippen LogP contribution in [0.15, 0.2) is 60.7 Å². The van der Waals surface area contributed by atoms with Crippen LogP contribution in [0.1, 0.15) is 24.5 Å². The summed E-state index contributed by atoms with van der Waals surface area (Å²) in [6.07, 6.45) is 2.45. The topological polar surface area (TPSA) is 0 Å². The fraction of sp³-hybridized carbons (Fsp3) is 0.250. The molecule has 0 saturated heterocycles. The van der Waals surface area contributed by atoms with Crippen molar-refractivity contribution in [3.63, 3.8) is 0 Å². The van der Waals surface area contributed by atoms with E-state index in [1.165, 1.54) is 24.0 Å². The number of hydrogen-bond acceptors (Lipinski definition) is 0. The smallest absolute Gasteiger partial charge is 0.0281 e. The summed E-state index contributed by atoms with van der Waals surface area (Å²) in [6.45, 7) is 4.28. The molecule has 0 aliphatic rings. The van der Waals surface area contributed by atoms with Crippen molar-refractivity contribution in [1.29, 1.82) is 0 Å². The van der Waals surface area contributed by atoms with Gasteiger partial charge in [-0.1, -0.05) is 79.6 Å². The highest BCUT2D eigenvalue weighted by molar-refractivity contribution is 5.14. The Morgan fingerprint density at radius 1 is 0.750 bits per heavy atom. The fourth-order valence-electron chi connectivity index (χ4n) is 1.47. The van der Waals surface area contributed by atoms with Gasteiger partial charge in [0.25, 0.3) is 0 Å². The quantitative estimate of drug-likeness (QED) is 0.680. The Balaban J connectivity index is 0.000000165. The second-order valence-corrected chi connectivity index (χ2v) is 3.89. The summed E-state index contributed by atoms with van der Waals surface area (Å²) in [6, 6.07) is 20.8. The van der Waals surface area contributed by atoms with E-state index in [1.807, 2.05) is 18.2 Å². The first-order chi connectivity index (χ1) is 7.83. The van der Waals surface area contributed by atoms with Crippen molar-refractivity contribution >= 4 is 0 Å². The average Bonchev–Trinajstić information content (AvgIpc) is 2.33. The third kappa shape index (κ3) is 5.35. The zero-order valence-electron chi connectivity index (χ0n) is 10.2. The van der Waals surface area contributed by atoms with E-state index in [0.29, 0.717) is 0 Å². The number of hydrogen-bond donors (Lipinski definition) is 0. The van der Waals surface area contributed by atoms with Crippen LogP contribution in [0.5, 0.6) is 0 Å². The highest BCUT2D eigenvalue weighted by atomic mass is 13.9. The lowest BCUT2D eigenvalue weighted by Gasteiger charge is -1.93. The van der Waals surface area contributed by atoms with Crippen molar-refractivity contribution in [2.75, 3.05) is 0 Å². The van der Waals surface area contributed by atoms with Gasteiger partial charge in [-0.15, -0.1) is 0 Å². The van der Waals surface area contributed by atoms with E-state index in [0.717, 1.165) is 0 Å². The Bertz CT molecular complexity index is 362. The molecule has 0 saturated carbocycles. The Labute approximate surface area is 99.0 Å². The number of aryl methyl sites for hydroxylation is 2. The normalized spacial score (nSPS) is 9.12. The number of benzene rings is 2. The van der Waals surface area contributed by atoms with Crippen LogP contribution in [0.3, 0.4) is 0 Å². The van der Waals surface area contributed by atoms with Gasteiger partial charge in [0, 0.05) is 0 Å². The number of rotatable bonds is 2. The lowest BCUT2D eigenvalue weighted by Crippen LogP contribution is -1.78. The van der Waals surface area contributed by atoms with Crippen molar-refractivity contribution in [3.8, 4) is 0 Å². The predicted octanol–water partition coefficient (Wildman–Crippen LogP) is 4.63. The maximum Gasteiger partial charge on any atom is -0.0281 e. The molecule has 2 rings (SSSR count). The standard InChI is InChI=1S/C9H12.C7H8/c1-2-6-9-7-4-3-5-8-9;1-7-5-3-2-4-6-7/h3-5,7-8H,2,6H2,1H3;2-6H,1H3. The van der Waals surface area contributed by atoms with Gasteiger partial charge in [-0.2, -0.15) is 0 Å². The molecule has 2 aromatic carbocycles. The minimum atomic E-state index is 1.21. The molecule has 0 radical (unpaired) electrons. The Morgan fingerprint density at radius 3 is 1.62 bits per heavy atom. The van der Waals surface area contributed by atoms with Crippen molar-refractivity contribution in [1.82, 2.24) is 0 Å². The minimum Gasteiger partial charge on any atom is -0.0651 e. The van der Waals surface area contributed by atoms with E-state index in [2.05, 4.69) is 56.3 Å². The molecule has 84 valence electrons. The summed E-state index contributed by atoms with van der Waals surface area (Å²) in [5, 5.41) is 0. The van der Waals surface area contributed by atoms with Gasteiger partial charge in [-0.3, -0.25) is 0 Å². The molecule has 0 atom stereocenters. The van der Waals surface area contributed by atoms with E-state index in [1.54, 1.807) is 0 Å². The summed E-state index contributed by atoms with van der Waals surface area (Å²) in [7, 11) is 0. The van der Waals surface area contributed by atoms with Crippen LogP contribution in [0, 0.1) is 6.92 Å². The van der Waals surface area contributed by atoms with Gasteiger partial charge in [0.05, 0.1) is 0 Å². The largest absolute Gasteiger partial charge is 0.0651 e. The van der Waals surface area contributed by atoms with Crippen LogP contribution >= 0.6 is 0 Å². The van der Waals surface area contributed by atoms with Crippen LogP contribution in [-0.4, -0.2) is 0 Å². The van der Waals surface area contributed by atoms with Crippen molar-refractivity contribution in [2.45, 2.75) is 26.7 Å². The molecule has 0 fully saturated rings. The molecule has 0 amide bonds. The molecule has 0 bridgehead atoms. The Morgan fingerprint density at radius 2 is 1.25 bits per heavy atom. The molecule has 16 heavy (non-hydrogen) atoms. The Hall–Kier alpha value is -1.56. The maximum atomic E-state index is 2.20. The maximum absolute atomic E-state index is 2.20. The molecular weight excluding hydrogens is 192 g/mol. The second-order valence-electron chi connectivity index (χ2n) is 3.89. The second kappa shape index (κ2) is 7.70. The van der Waals surface area contributed by atoms with E-state index >= 15 is 0 Å². The third-order valence-electron chi connectivity index (χ3n) is 2.32. The SMILES string of the molecule is CCCc1ccccc1.Cc1ccccc1. The molecule has 0 nitrogen and oxygen atoms in total. The monoisotopic (exact) mass is 212 g/mol. The van der Waals surface area contributed by atoms with Gasteiger partial charge in [-0.25, -0.2) is 0 Å². The zero-order chi connectivity index (χ0) is 11.6. The third-order valence-corrected chi connectivity index (χ3v) is 2.32. The lowest BCUT2D eigenvalue weighted by molar-refractivity contribution is 0.922. The first-order valence-corrected chi connectivity index (χ1v) is 5.88. The van der Waals surface area contributed by atoms with Crippen molar-refractivity contribution in [2.24, 2.45) is 0 Å². The van der Waals surface area contributed by atoms with Gasteiger partial charge in [-0.05, 0) is 18.9 Å². The van der Waals surface area contributed by atoms with Crippen LogP contribution in [-0.2, 0) is 6.42 Å². The minimum absolute atomic E-state index is 1.21. The molecule has 0 aliphatic heterocycles. The van der Waals surface area contributed by atoms with Gasteiger partial charge < -0.3 is 0 Å². The molecule has 2 aromatic rings. The van der Waals surface area contributed by atoms with Gasteiger partial charge >= 0.3 is 0 Å². The highest BCUT2D eigenvalue weighted by Crippen LogP contribution is 2.00. The molecule has 0 N–H and O–H groups in total. The first-order valence-electron chi connectivity index (χ1n) is 5.88. The fourth-order valence-corrected chi connectivity index (χ4v) is 1.47. The van der Waals surface area contributed by atoms with Crippen LogP contribution in [0.25, 0.3) is 0 Å². The Kier molecular flexibility index (Phi) is 6.02. The average molecular weight is 212 g/mol.